The Bertz CT molecular complexity index is 421. The minimum absolute atomic E-state index is 0.0284. The summed E-state index contributed by atoms with van der Waals surface area (Å²) in [6.07, 6.45) is -0.867. The van der Waals surface area contributed by atoms with Crippen LogP contribution >= 0.6 is 0 Å². The second kappa shape index (κ2) is 10.3. The van der Waals surface area contributed by atoms with E-state index in [1.54, 1.807) is 6.92 Å². The van der Waals surface area contributed by atoms with Gasteiger partial charge < -0.3 is 20.1 Å². The van der Waals surface area contributed by atoms with Crippen molar-refractivity contribution in [3.63, 3.8) is 0 Å². The van der Waals surface area contributed by atoms with E-state index >= 15 is 0 Å². The smallest absolute Gasteiger partial charge is 0.333 e. The quantitative estimate of drug-likeness (QED) is 0.459. The SMILES string of the molecule is C=C(CC(=O)O)C(=O)O.C=C(CC(=O)O)C(=O)OCC. The van der Waals surface area contributed by atoms with Crippen LogP contribution in [0.4, 0.5) is 0 Å². The fourth-order valence-electron chi connectivity index (χ4n) is 0.746. The molecule has 0 radical (unpaired) electrons. The van der Waals surface area contributed by atoms with E-state index in [2.05, 4.69) is 17.9 Å². The van der Waals surface area contributed by atoms with Gasteiger partial charge in [-0.25, -0.2) is 9.59 Å². The van der Waals surface area contributed by atoms with Gasteiger partial charge in [0.15, 0.2) is 0 Å². The molecule has 112 valence electrons. The number of carbonyl (C=O) groups excluding carboxylic acids is 1. The first-order chi connectivity index (χ1) is 9.11. The molecule has 0 bridgehead atoms. The normalized spacial score (nSPS) is 8.65. The Morgan fingerprint density at radius 3 is 1.55 bits per heavy atom. The van der Waals surface area contributed by atoms with E-state index in [-0.39, 0.29) is 24.2 Å². The highest BCUT2D eigenvalue weighted by molar-refractivity contribution is 5.92. The maximum Gasteiger partial charge on any atom is 0.333 e. The molecule has 8 nitrogen and oxygen atoms in total. The van der Waals surface area contributed by atoms with Crippen LogP contribution < -0.4 is 0 Å². The van der Waals surface area contributed by atoms with Gasteiger partial charge in [0.1, 0.15) is 0 Å². The molecule has 0 saturated heterocycles. The van der Waals surface area contributed by atoms with Crippen molar-refractivity contribution in [1.29, 1.82) is 0 Å². The highest BCUT2D eigenvalue weighted by Gasteiger charge is 2.10. The van der Waals surface area contributed by atoms with Crippen LogP contribution in [0.15, 0.2) is 24.3 Å². The fraction of sp³-hybridized carbons (Fsp3) is 0.333. The largest absolute Gasteiger partial charge is 0.481 e. The number of ether oxygens (including phenoxy) is 1. The lowest BCUT2D eigenvalue weighted by Crippen LogP contribution is -2.10. The molecule has 0 aliphatic carbocycles. The third kappa shape index (κ3) is 11.8. The van der Waals surface area contributed by atoms with Crippen molar-refractivity contribution in [1.82, 2.24) is 0 Å². The summed E-state index contributed by atoms with van der Waals surface area (Å²) >= 11 is 0. The van der Waals surface area contributed by atoms with Crippen molar-refractivity contribution in [3.8, 4) is 0 Å². The predicted molar refractivity (Wildman–Crippen MR) is 67.1 cm³/mol. The van der Waals surface area contributed by atoms with Gasteiger partial charge in [-0.15, -0.1) is 0 Å². The third-order valence-electron chi connectivity index (χ3n) is 1.60. The predicted octanol–water partition coefficient (Wildman–Crippen LogP) is 0.682. The number of hydrogen-bond acceptors (Lipinski definition) is 5. The van der Waals surface area contributed by atoms with Crippen molar-refractivity contribution in [2.45, 2.75) is 19.8 Å². The fourth-order valence-corrected chi connectivity index (χ4v) is 0.746. The zero-order valence-electron chi connectivity index (χ0n) is 10.9. The molecule has 0 aromatic heterocycles. The van der Waals surface area contributed by atoms with Gasteiger partial charge in [0.2, 0.25) is 0 Å². The van der Waals surface area contributed by atoms with Crippen molar-refractivity contribution in [2.24, 2.45) is 0 Å². The maximum absolute atomic E-state index is 10.7. The Morgan fingerprint density at radius 1 is 0.900 bits per heavy atom. The zero-order chi connectivity index (χ0) is 16.3. The Labute approximate surface area is 115 Å². The van der Waals surface area contributed by atoms with Gasteiger partial charge in [-0.1, -0.05) is 13.2 Å². The molecule has 0 fully saturated rings. The Balaban J connectivity index is 0. The molecule has 0 aliphatic rings. The second-order valence-electron chi connectivity index (χ2n) is 3.37. The van der Waals surface area contributed by atoms with E-state index in [1.165, 1.54) is 0 Å². The van der Waals surface area contributed by atoms with Crippen LogP contribution in [0.25, 0.3) is 0 Å². The van der Waals surface area contributed by atoms with Crippen LogP contribution in [0, 0.1) is 0 Å². The van der Waals surface area contributed by atoms with E-state index in [0.717, 1.165) is 0 Å². The lowest BCUT2D eigenvalue weighted by atomic mass is 10.2. The molecule has 0 heterocycles. The van der Waals surface area contributed by atoms with Crippen LogP contribution in [0.3, 0.4) is 0 Å². The number of carboxylic acid groups (broad SMARTS) is 3. The van der Waals surface area contributed by atoms with Gasteiger partial charge in [0.25, 0.3) is 0 Å². The van der Waals surface area contributed by atoms with E-state index in [0.29, 0.717) is 0 Å². The standard InChI is InChI=1S/C7H10O4.C5H6O4/c1-3-11-7(10)5(2)4-6(8)9;1-3(5(8)9)2-4(6)7/h2-4H2,1H3,(H,8,9);1-2H2,(H,6,7)(H,8,9). The minimum Gasteiger partial charge on any atom is -0.481 e. The van der Waals surface area contributed by atoms with Crippen LogP contribution in [0.1, 0.15) is 19.8 Å². The summed E-state index contributed by atoms with van der Waals surface area (Å²) in [5.41, 5.74) is -0.332. The monoisotopic (exact) mass is 288 g/mol. The number of carboxylic acids is 3. The minimum atomic E-state index is -1.27. The molecule has 0 amide bonds. The number of carbonyl (C=O) groups is 4. The molecule has 0 aromatic carbocycles. The summed E-state index contributed by atoms with van der Waals surface area (Å²) < 4.78 is 4.50. The van der Waals surface area contributed by atoms with E-state index in [1.807, 2.05) is 0 Å². The summed E-state index contributed by atoms with van der Waals surface area (Å²) in [7, 11) is 0. The summed E-state index contributed by atoms with van der Waals surface area (Å²) in [4.78, 5) is 40.4. The van der Waals surface area contributed by atoms with Crippen LogP contribution in [-0.2, 0) is 23.9 Å². The van der Waals surface area contributed by atoms with Crippen molar-refractivity contribution < 1.29 is 39.2 Å². The molecule has 20 heavy (non-hydrogen) atoms. The molecule has 0 atom stereocenters. The van der Waals surface area contributed by atoms with Gasteiger partial charge in [-0.2, -0.15) is 0 Å². The van der Waals surface area contributed by atoms with Crippen molar-refractivity contribution >= 4 is 23.9 Å². The first-order valence-electron chi connectivity index (χ1n) is 5.31. The first-order valence-corrected chi connectivity index (χ1v) is 5.31. The number of rotatable bonds is 7. The zero-order valence-corrected chi connectivity index (χ0v) is 10.9. The first kappa shape index (κ1) is 19.7. The molecule has 0 aliphatic heterocycles. The van der Waals surface area contributed by atoms with E-state index < -0.39 is 30.3 Å². The Kier molecular flexibility index (Phi) is 10.1. The number of aliphatic carboxylic acids is 3. The van der Waals surface area contributed by atoms with Gasteiger partial charge >= 0.3 is 23.9 Å². The summed E-state index contributed by atoms with van der Waals surface area (Å²) in [6.45, 7) is 8.15. The average molecular weight is 288 g/mol. The highest BCUT2D eigenvalue weighted by atomic mass is 16.5. The average Bonchev–Trinajstić information content (AvgIpc) is 2.28. The third-order valence-corrected chi connectivity index (χ3v) is 1.60. The van der Waals surface area contributed by atoms with Gasteiger partial charge in [-0.3, -0.25) is 9.59 Å². The molecule has 0 saturated carbocycles. The highest BCUT2D eigenvalue weighted by Crippen LogP contribution is 2.00. The molecule has 0 rings (SSSR count). The molecule has 0 spiro atoms. The molecule has 8 heteroatoms. The number of hydrogen-bond donors (Lipinski definition) is 3. The Hall–Kier alpha value is -2.64. The van der Waals surface area contributed by atoms with E-state index in [9.17, 15) is 19.2 Å². The molecular weight excluding hydrogens is 272 g/mol. The number of esters is 1. The second-order valence-corrected chi connectivity index (χ2v) is 3.37. The van der Waals surface area contributed by atoms with Crippen LogP contribution in [-0.4, -0.2) is 45.8 Å². The molecular formula is C12H16O8. The van der Waals surface area contributed by atoms with Gasteiger partial charge in [-0.05, 0) is 6.92 Å². The van der Waals surface area contributed by atoms with Gasteiger partial charge in [0.05, 0.1) is 19.4 Å². The topological polar surface area (TPSA) is 138 Å². The van der Waals surface area contributed by atoms with Crippen LogP contribution in [0.2, 0.25) is 0 Å². The van der Waals surface area contributed by atoms with Crippen molar-refractivity contribution in [2.75, 3.05) is 6.61 Å². The maximum atomic E-state index is 10.7. The lowest BCUT2D eigenvalue weighted by molar-refractivity contribution is -0.142. The molecule has 3 N–H and O–H groups in total. The lowest BCUT2D eigenvalue weighted by Gasteiger charge is -2.00. The Morgan fingerprint density at radius 2 is 1.30 bits per heavy atom. The summed E-state index contributed by atoms with van der Waals surface area (Å²) in [5.74, 6) is -4.17. The summed E-state index contributed by atoms with van der Waals surface area (Å²) in [5, 5.41) is 24.3. The molecule has 0 unspecified atom stereocenters. The van der Waals surface area contributed by atoms with E-state index in [4.69, 9.17) is 15.3 Å². The van der Waals surface area contributed by atoms with Gasteiger partial charge in [0, 0.05) is 11.1 Å². The van der Waals surface area contributed by atoms with Crippen LogP contribution in [0.5, 0.6) is 0 Å². The van der Waals surface area contributed by atoms with Crippen molar-refractivity contribution in [3.05, 3.63) is 24.3 Å². The molecule has 0 aromatic rings. The summed E-state index contributed by atoms with van der Waals surface area (Å²) in [6, 6.07) is 0.